The molecule has 2 aromatic rings. The summed E-state index contributed by atoms with van der Waals surface area (Å²) in [5.41, 5.74) is -4.36. The molecular formula is C27H32F5N3O7S. The predicted molar refractivity (Wildman–Crippen MR) is 143 cm³/mol. The smallest absolute Gasteiger partial charge is 0.424 e. The summed E-state index contributed by atoms with van der Waals surface area (Å²) in [6.07, 6.45) is -7.06. The quantitative estimate of drug-likeness (QED) is 0.401. The maximum absolute atomic E-state index is 14.6. The van der Waals surface area contributed by atoms with Crippen LogP contribution in [0.1, 0.15) is 53.0 Å². The third kappa shape index (κ3) is 6.54. The minimum atomic E-state index is -4.98. The Labute approximate surface area is 245 Å². The molecule has 2 amide bonds. The minimum Gasteiger partial charge on any atom is -0.493 e. The summed E-state index contributed by atoms with van der Waals surface area (Å²) < 4.78 is 113. The van der Waals surface area contributed by atoms with Gasteiger partial charge in [-0.3, -0.25) is 4.79 Å². The van der Waals surface area contributed by atoms with E-state index >= 15 is 0 Å². The molecule has 1 N–H and O–H groups in total. The van der Waals surface area contributed by atoms with Crippen LogP contribution in [0.15, 0.2) is 35.5 Å². The summed E-state index contributed by atoms with van der Waals surface area (Å²) in [5.74, 6) is -7.59. The number of sulfonamides is 1. The number of benzene rings is 1. The van der Waals surface area contributed by atoms with E-state index in [-0.39, 0.29) is 17.8 Å². The van der Waals surface area contributed by atoms with Gasteiger partial charge in [-0.2, -0.15) is 30.3 Å². The number of ether oxygens (including phenoxy) is 3. The molecule has 2 heterocycles. The zero-order valence-corrected chi connectivity index (χ0v) is 25.2. The van der Waals surface area contributed by atoms with Gasteiger partial charge in [0.2, 0.25) is 5.82 Å². The number of hydrogen-bond acceptors (Lipinski definition) is 8. The lowest BCUT2D eigenvalue weighted by atomic mass is 9.77. The van der Waals surface area contributed by atoms with Crippen molar-refractivity contribution >= 4 is 27.7 Å². The van der Waals surface area contributed by atoms with Gasteiger partial charge in [0.1, 0.15) is 11.7 Å². The van der Waals surface area contributed by atoms with Crippen molar-refractivity contribution in [3.05, 3.63) is 47.7 Å². The van der Waals surface area contributed by atoms with E-state index in [1.165, 1.54) is 6.92 Å². The van der Waals surface area contributed by atoms with E-state index < -0.39 is 79.8 Å². The summed E-state index contributed by atoms with van der Waals surface area (Å²) in [7, 11) is -3.60. The molecule has 0 unspecified atom stereocenters. The number of halogens is 5. The van der Waals surface area contributed by atoms with Crippen molar-refractivity contribution in [2.75, 3.05) is 19.0 Å². The largest absolute Gasteiger partial charge is 0.493 e. The van der Waals surface area contributed by atoms with Gasteiger partial charge in [-0.25, -0.2) is 14.2 Å². The second-order valence-electron chi connectivity index (χ2n) is 11.0. The van der Waals surface area contributed by atoms with Crippen LogP contribution in [-0.4, -0.2) is 66.8 Å². The average molecular weight is 638 g/mol. The summed E-state index contributed by atoms with van der Waals surface area (Å²) in [6, 6.07) is 3.77. The first-order valence-corrected chi connectivity index (χ1v) is 14.4. The number of nitrogens with zero attached hydrogens (tertiary/aromatic N) is 2. The van der Waals surface area contributed by atoms with Crippen molar-refractivity contribution in [2.45, 2.75) is 76.0 Å². The number of anilines is 1. The molecule has 10 nitrogen and oxygen atoms in total. The fraction of sp³-hybridized carbons (Fsp3) is 0.519. The lowest BCUT2D eigenvalue weighted by Crippen LogP contribution is -2.47. The number of hydrogen-bond donors (Lipinski definition) is 1. The average Bonchev–Trinajstić information content (AvgIpc) is 3.16. The Morgan fingerprint density at radius 2 is 1.79 bits per heavy atom. The number of amides is 2. The maximum atomic E-state index is 14.6. The number of rotatable bonds is 7. The van der Waals surface area contributed by atoms with E-state index in [1.54, 1.807) is 20.8 Å². The summed E-state index contributed by atoms with van der Waals surface area (Å²) in [5, 5.41) is 1.65. The first-order valence-electron chi connectivity index (χ1n) is 13.0. The number of carbonyl (C=O) groups is 2. The SMILES string of the molecule is CCN(C(=O)OC(C)(C)C)S(=O)(=O)c1cc(NC(=O)[C@@H]2O[C@@](C)(C(F)(F)F)[C@@H](C)[C@H]2c2ccc(F)c(F)c2OC)ccn1. The zero-order valence-electron chi connectivity index (χ0n) is 24.4. The fourth-order valence-corrected chi connectivity index (χ4v) is 5.97. The van der Waals surface area contributed by atoms with Crippen molar-refractivity contribution in [1.29, 1.82) is 0 Å². The van der Waals surface area contributed by atoms with Crippen LogP contribution in [0, 0.1) is 17.6 Å². The van der Waals surface area contributed by atoms with Gasteiger partial charge in [0.05, 0.1) is 7.11 Å². The first-order chi connectivity index (χ1) is 19.7. The molecule has 1 aliphatic heterocycles. The molecule has 1 aromatic heterocycles. The molecule has 0 saturated carbocycles. The van der Waals surface area contributed by atoms with Crippen molar-refractivity contribution in [1.82, 2.24) is 9.29 Å². The molecule has 3 rings (SSSR count). The van der Waals surface area contributed by atoms with Gasteiger partial charge in [-0.1, -0.05) is 13.0 Å². The molecular weight excluding hydrogens is 605 g/mol. The molecule has 1 aliphatic rings. The lowest BCUT2D eigenvalue weighted by molar-refractivity contribution is -0.272. The Hall–Kier alpha value is -3.53. The topological polar surface area (TPSA) is 124 Å². The second kappa shape index (κ2) is 11.9. The Morgan fingerprint density at radius 3 is 2.33 bits per heavy atom. The number of carbonyl (C=O) groups excluding carboxylic acids is 2. The van der Waals surface area contributed by atoms with Gasteiger partial charge < -0.3 is 19.5 Å². The minimum absolute atomic E-state index is 0.216. The van der Waals surface area contributed by atoms with E-state index in [4.69, 9.17) is 14.2 Å². The number of pyridine rings is 1. The molecule has 1 saturated heterocycles. The third-order valence-corrected chi connectivity index (χ3v) is 8.75. The summed E-state index contributed by atoms with van der Waals surface area (Å²) in [6.45, 7) is 7.57. The summed E-state index contributed by atoms with van der Waals surface area (Å²) in [4.78, 5) is 29.8. The Kier molecular flexibility index (Phi) is 9.37. The van der Waals surface area contributed by atoms with E-state index in [9.17, 15) is 40.0 Å². The first kappa shape index (κ1) is 34.0. The predicted octanol–water partition coefficient (Wildman–Crippen LogP) is 5.39. The van der Waals surface area contributed by atoms with Crippen LogP contribution in [-0.2, 0) is 24.3 Å². The number of nitrogens with one attached hydrogen (secondary N) is 1. The molecule has 0 aliphatic carbocycles. The Morgan fingerprint density at radius 1 is 1.16 bits per heavy atom. The van der Waals surface area contributed by atoms with E-state index in [1.807, 2.05) is 0 Å². The zero-order chi connectivity index (χ0) is 32.7. The van der Waals surface area contributed by atoms with Crippen LogP contribution < -0.4 is 10.1 Å². The van der Waals surface area contributed by atoms with E-state index in [2.05, 4.69) is 10.3 Å². The normalized spacial score (nSPS) is 22.7. The molecule has 238 valence electrons. The van der Waals surface area contributed by atoms with Crippen LogP contribution in [0.2, 0.25) is 0 Å². The fourth-order valence-electron chi connectivity index (χ4n) is 4.70. The highest BCUT2D eigenvalue weighted by Gasteiger charge is 2.66. The molecule has 0 spiro atoms. The number of alkyl halides is 3. The Balaban J connectivity index is 2.02. The van der Waals surface area contributed by atoms with Crippen LogP contribution >= 0.6 is 0 Å². The molecule has 16 heteroatoms. The van der Waals surface area contributed by atoms with Crippen LogP contribution in [0.4, 0.5) is 32.4 Å². The highest BCUT2D eigenvalue weighted by atomic mass is 32.2. The number of methoxy groups -OCH3 is 1. The molecule has 0 radical (unpaired) electrons. The van der Waals surface area contributed by atoms with Crippen molar-refractivity contribution in [3.63, 3.8) is 0 Å². The highest BCUT2D eigenvalue weighted by Crippen LogP contribution is 2.55. The monoisotopic (exact) mass is 637 g/mol. The van der Waals surface area contributed by atoms with Gasteiger partial charge in [0, 0.05) is 41.9 Å². The molecule has 43 heavy (non-hydrogen) atoms. The summed E-state index contributed by atoms with van der Waals surface area (Å²) >= 11 is 0. The van der Waals surface area contributed by atoms with Crippen molar-refractivity contribution in [3.8, 4) is 5.75 Å². The standard InChI is InChI=1S/C27H32F5N3O7S/c1-8-35(24(37)42-25(3,4)5)43(38,39)18-13-15(11-12-33-18)34-23(36)22-19(14(2)26(6,41-22)27(30,31)32)16-9-10-17(28)20(29)21(16)40-7/h9-14,19,22H,8H2,1-7H3,(H,33,34,36)/t14-,19-,22+,26+/m0/s1. The van der Waals surface area contributed by atoms with Gasteiger partial charge >= 0.3 is 12.3 Å². The Bertz CT molecular complexity index is 1500. The molecule has 0 bridgehead atoms. The van der Waals surface area contributed by atoms with Gasteiger partial charge in [0.25, 0.3) is 15.9 Å². The van der Waals surface area contributed by atoms with Crippen LogP contribution in [0.3, 0.4) is 0 Å². The van der Waals surface area contributed by atoms with Gasteiger partial charge in [-0.05, 0) is 46.8 Å². The third-order valence-electron chi connectivity index (χ3n) is 7.01. The van der Waals surface area contributed by atoms with Gasteiger partial charge in [-0.15, -0.1) is 0 Å². The highest BCUT2D eigenvalue weighted by molar-refractivity contribution is 7.89. The maximum Gasteiger partial charge on any atom is 0.424 e. The molecule has 4 atom stereocenters. The van der Waals surface area contributed by atoms with Gasteiger partial charge in [0.15, 0.2) is 22.2 Å². The van der Waals surface area contributed by atoms with Crippen LogP contribution in [0.5, 0.6) is 5.75 Å². The second-order valence-corrected chi connectivity index (χ2v) is 12.8. The van der Waals surface area contributed by atoms with E-state index in [0.717, 1.165) is 45.4 Å². The number of aromatic nitrogens is 1. The molecule has 1 aromatic carbocycles. The van der Waals surface area contributed by atoms with Crippen molar-refractivity contribution in [2.24, 2.45) is 5.92 Å². The van der Waals surface area contributed by atoms with Crippen molar-refractivity contribution < 1.29 is 54.2 Å². The molecule has 1 fully saturated rings. The van der Waals surface area contributed by atoms with E-state index in [0.29, 0.717) is 10.4 Å². The van der Waals surface area contributed by atoms with Crippen LogP contribution in [0.25, 0.3) is 0 Å². The lowest BCUT2D eigenvalue weighted by Gasteiger charge is -2.32.